The lowest BCUT2D eigenvalue weighted by molar-refractivity contribution is -0.155. The number of amides is 3. The van der Waals surface area contributed by atoms with Gasteiger partial charge in [-0.3, -0.25) is 19.3 Å². The molecule has 2 heterocycles. The first-order chi connectivity index (χ1) is 12.6. The van der Waals surface area contributed by atoms with E-state index >= 15 is 0 Å². The highest BCUT2D eigenvalue weighted by Gasteiger charge is 2.52. The fourth-order valence-electron chi connectivity index (χ4n) is 4.00. The van der Waals surface area contributed by atoms with Gasteiger partial charge in [-0.25, -0.2) is 0 Å². The second-order valence-corrected chi connectivity index (χ2v) is 7.17. The SMILES string of the molecule is CC(Oc1ccccc1)C(=O)N1CC(N2C(=O)C3CC=CCC3C2=O)C1. The summed E-state index contributed by atoms with van der Waals surface area (Å²) in [4.78, 5) is 40.7. The predicted octanol–water partition coefficient (Wildman–Crippen LogP) is 1.62. The fraction of sp³-hybridized carbons (Fsp3) is 0.450. The molecule has 0 aromatic heterocycles. The number of para-hydroxylation sites is 1. The van der Waals surface area contributed by atoms with Crippen LogP contribution in [0.1, 0.15) is 19.8 Å². The number of ether oxygens (including phenoxy) is 1. The highest BCUT2D eigenvalue weighted by Crippen LogP contribution is 2.37. The van der Waals surface area contributed by atoms with Crippen molar-refractivity contribution >= 4 is 17.7 Å². The minimum atomic E-state index is -0.602. The van der Waals surface area contributed by atoms with Crippen molar-refractivity contribution in [2.45, 2.75) is 31.9 Å². The van der Waals surface area contributed by atoms with Gasteiger partial charge in [0.1, 0.15) is 5.75 Å². The predicted molar refractivity (Wildman–Crippen MR) is 94.1 cm³/mol. The van der Waals surface area contributed by atoms with E-state index in [1.807, 2.05) is 30.4 Å². The van der Waals surface area contributed by atoms with Gasteiger partial charge in [0.2, 0.25) is 11.8 Å². The third-order valence-corrected chi connectivity index (χ3v) is 5.48. The molecule has 2 aliphatic heterocycles. The van der Waals surface area contributed by atoms with Crippen molar-refractivity contribution in [3.05, 3.63) is 42.5 Å². The van der Waals surface area contributed by atoms with Crippen LogP contribution in [-0.2, 0) is 14.4 Å². The van der Waals surface area contributed by atoms with Crippen molar-refractivity contribution in [2.24, 2.45) is 11.8 Å². The first kappa shape index (κ1) is 16.8. The number of hydrogen-bond donors (Lipinski definition) is 0. The van der Waals surface area contributed by atoms with Gasteiger partial charge in [-0.15, -0.1) is 0 Å². The van der Waals surface area contributed by atoms with Crippen LogP contribution in [0.2, 0.25) is 0 Å². The average Bonchev–Trinajstić information content (AvgIpc) is 2.87. The minimum absolute atomic E-state index is 0.0740. The molecule has 0 radical (unpaired) electrons. The quantitative estimate of drug-likeness (QED) is 0.609. The number of imide groups is 1. The summed E-state index contributed by atoms with van der Waals surface area (Å²) in [5, 5.41) is 0. The van der Waals surface area contributed by atoms with Crippen molar-refractivity contribution < 1.29 is 19.1 Å². The molecule has 0 N–H and O–H groups in total. The molecule has 2 saturated heterocycles. The third kappa shape index (κ3) is 2.79. The van der Waals surface area contributed by atoms with Crippen LogP contribution in [-0.4, -0.2) is 52.8 Å². The molecule has 1 aromatic rings. The largest absolute Gasteiger partial charge is 0.481 e. The van der Waals surface area contributed by atoms with Gasteiger partial charge in [0.25, 0.3) is 5.91 Å². The zero-order valence-corrected chi connectivity index (χ0v) is 14.7. The molecular weight excluding hydrogens is 332 g/mol. The molecule has 2 fully saturated rings. The van der Waals surface area contributed by atoms with Crippen LogP contribution >= 0.6 is 0 Å². The monoisotopic (exact) mass is 354 g/mol. The number of hydrogen-bond acceptors (Lipinski definition) is 4. The summed E-state index contributed by atoms with van der Waals surface area (Å²) in [6, 6.07) is 9.00. The number of allylic oxidation sites excluding steroid dienone is 2. The van der Waals surface area contributed by atoms with Crippen LogP contribution in [0.4, 0.5) is 0 Å². The zero-order valence-electron chi connectivity index (χ0n) is 14.7. The third-order valence-electron chi connectivity index (χ3n) is 5.48. The number of likely N-dealkylation sites (tertiary alicyclic amines) is 2. The molecule has 4 rings (SSSR count). The topological polar surface area (TPSA) is 66.9 Å². The minimum Gasteiger partial charge on any atom is -0.481 e. The van der Waals surface area contributed by atoms with E-state index in [4.69, 9.17) is 4.74 Å². The second-order valence-electron chi connectivity index (χ2n) is 7.17. The molecule has 1 aliphatic carbocycles. The van der Waals surface area contributed by atoms with Crippen LogP contribution in [0.5, 0.6) is 5.75 Å². The van der Waals surface area contributed by atoms with Gasteiger partial charge in [-0.2, -0.15) is 0 Å². The number of carbonyl (C=O) groups excluding carboxylic acids is 3. The van der Waals surface area contributed by atoms with Gasteiger partial charge in [-0.1, -0.05) is 30.4 Å². The van der Waals surface area contributed by atoms with Gasteiger partial charge in [0.15, 0.2) is 6.10 Å². The van der Waals surface area contributed by atoms with Crippen molar-refractivity contribution in [3.63, 3.8) is 0 Å². The highest BCUT2D eigenvalue weighted by atomic mass is 16.5. The first-order valence-corrected chi connectivity index (χ1v) is 9.08. The molecule has 0 spiro atoms. The molecular formula is C20H22N2O4. The molecule has 3 amide bonds. The molecule has 3 aliphatic rings. The fourth-order valence-corrected chi connectivity index (χ4v) is 4.00. The Morgan fingerprint density at radius 3 is 2.19 bits per heavy atom. The average molecular weight is 354 g/mol. The van der Waals surface area contributed by atoms with E-state index in [-0.39, 0.29) is 35.6 Å². The van der Waals surface area contributed by atoms with E-state index < -0.39 is 6.10 Å². The second kappa shape index (κ2) is 6.59. The lowest BCUT2D eigenvalue weighted by atomic mass is 9.85. The normalized spacial score (nSPS) is 26.5. The molecule has 3 unspecified atom stereocenters. The lowest BCUT2D eigenvalue weighted by Crippen LogP contribution is -2.64. The lowest BCUT2D eigenvalue weighted by Gasteiger charge is -2.43. The summed E-state index contributed by atoms with van der Waals surface area (Å²) in [5.41, 5.74) is 0. The Morgan fingerprint density at radius 2 is 1.62 bits per heavy atom. The summed E-state index contributed by atoms with van der Waals surface area (Å²) >= 11 is 0. The summed E-state index contributed by atoms with van der Waals surface area (Å²) in [6.45, 7) is 2.51. The van der Waals surface area contributed by atoms with Crippen LogP contribution < -0.4 is 4.74 Å². The number of fused-ring (bicyclic) bond motifs is 1. The Balaban J connectivity index is 1.34. The van der Waals surface area contributed by atoms with E-state index in [0.717, 1.165) is 0 Å². The highest BCUT2D eigenvalue weighted by molar-refractivity contribution is 6.06. The van der Waals surface area contributed by atoms with Gasteiger partial charge in [-0.05, 0) is 31.9 Å². The van der Waals surface area contributed by atoms with Gasteiger partial charge in [0.05, 0.1) is 17.9 Å². The van der Waals surface area contributed by atoms with Crippen molar-refractivity contribution in [3.8, 4) is 5.75 Å². The van der Waals surface area contributed by atoms with Crippen LogP contribution in [0.25, 0.3) is 0 Å². The van der Waals surface area contributed by atoms with Crippen LogP contribution in [0.15, 0.2) is 42.5 Å². The van der Waals surface area contributed by atoms with Crippen molar-refractivity contribution in [1.29, 1.82) is 0 Å². The maximum atomic E-state index is 12.6. The Bertz CT molecular complexity index is 728. The summed E-state index contributed by atoms with van der Waals surface area (Å²) in [7, 11) is 0. The number of benzene rings is 1. The summed E-state index contributed by atoms with van der Waals surface area (Å²) in [5.74, 6) is -0.0459. The number of nitrogens with zero attached hydrogens (tertiary/aromatic N) is 2. The van der Waals surface area contributed by atoms with Gasteiger partial charge >= 0.3 is 0 Å². The van der Waals surface area contributed by atoms with Crippen molar-refractivity contribution in [2.75, 3.05) is 13.1 Å². The van der Waals surface area contributed by atoms with E-state index in [1.54, 1.807) is 24.0 Å². The molecule has 1 aromatic carbocycles. The Kier molecular flexibility index (Phi) is 4.26. The maximum Gasteiger partial charge on any atom is 0.263 e. The van der Waals surface area contributed by atoms with Crippen LogP contribution in [0, 0.1) is 11.8 Å². The standard InChI is InChI=1S/C20H22N2O4/c1-13(26-15-7-3-2-4-8-15)18(23)21-11-14(12-21)22-19(24)16-9-5-6-10-17(16)20(22)25/h2-8,13-14,16-17H,9-12H2,1H3. The smallest absolute Gasteiger partial charge is 0.263 e. The van der Waals surface area contributed by atoms with Crippen molar-refractivity contribution in [1.82, 2.24) is 9.80 Å². The Hall–Kier alpha value is -2.63. The van der Waals surface area contributed by atoms with E-state index in [9.17, 15) is 14.4 Å². The maximum absolute atomic E-state index is 12.6. The molecule has 136 valence electrons. The molecule has 0 bridgehead atoms. The number of carbonyl (C=O) groups is 3. The van der Waals surface area contributed by atoms with E-state index in [2.05, 4.69) is 0 Å². The van der Waals surface area contributed by atoms with E-state index in [0.29, 0.717) is 31.7 Å². The van der Waals surface area contributed by atoms with E-state index in [1.165, 1.54) is 4.90 Å². The molecule has 0 saturated carbocycles. The van der Waals surface area contributed by atoms with Gasteiger partial charge in [0, 0.05) is 13.1 Å². The van der Waals surface area contributed by atoms with Gasteiger partial charge < -0.3 is 9.64 Å². The molecule has 6 heteroatoms. The molecule has 6 nitrogen and oxygen atoms in total. The Labute approximate surface area is 152 Å². The Morgan fingerprint density at radius 1 is 1.04 bits per heavy atom. The van der Waals surface area contributed by atoms with Crippen LogP contribution in [0.3, 0.4) is 0 Å². The number of rotatable bonds is 4. The summed E-state index contributed by atoms with van der Waals surface area (Å²) in [6.07, 6.45) is 4.64. The first-order valence-electron chi connectivity index (χ1n) is 9.08. The summed E-state index contributed by atoms with van der Waals surface area (Å²) < 4.78 is 5.67. The molecule has 26 heavy (non-hydrogen) atoms. The molecule has 3 atom stereocenters. The zero-order chi connectivity index (χ0) is 18.3.